The summed E-state index contributed by atoms with van der Waals surface area (Å²) in [5.41, 5.74) is -2.28. The molecule has 1 heterocycles. The third kappa shape index (κ3) is 5.41. The Balaban J connectivity index is 3.10. The van der Waals surface area contributed by atoms with Gasteiger partial charge in [-0.2, -0.15) is 13.2 Å². The fourth-order valence-electron chi connectivity index (χ4n) is 1.35. The number of hydrogen-bond acceptors (Lipinski definition) is 4. The number of Topliss-reactive ketones (excluding diaryl/α,β-unsaturated/α-hetero) is 1. The molecule has 1 rings (SSSR count). The molecule has 0 bridgehead atoms. The zero-order valence-corrected chi connectivity index (χ0v) is 12.0. The molecule has 0 aliphatic rings. The Morgan fingerprint density at radius 2 is 1.76 bits per heavy atom. The fourth-order valence-corrected chi connectivity index (χ4v) is 1.35. The summed E-state index contributed by atoms with van der Waals surface area (Å²) in [5, 5.41) is 2.08. The number of ketones is 1. The number of amides is 1. The molecule has 1 aromatic rings. The second-order valence-electron chi connectivity index (χ2n) is 5.31. The number of alkyl halides is 3. The first-order valence-corrected chi connectivity index (χ1v) is 5.99. The molecule has 21 heavy (non-hydrogen) atoms. The Hall–Kier alpha value is -2.12. The molecule has 0 fully saturated rings. The Kier molecular flexibility index (Phi) is 4.60. The summed E-state index contributed by atoms with van der Waals surface area (Å²) in [5.74, 6) is -0.973. The number of pyridine rings is 1. The Labute approximate surface area is 119 Å². The highest BCUT2D eigenvalue weighted by Gasteiger charge is 2.34. The second-order valence-corrected chi connectivity index (χ2v) is 5.31. The van der Waals surface area contributed by atoms with Crippen LogP contribution < -0.4 is 5.32 Å². The normalized spacial score (nSPS) is 12.0. The largest absolute Gasteiger partial charge is 0.444 e. The SMILES string of the molecule is CC(=O)c1cc(NC(=O)OC(C)(C)C)nc(C(F)(F)F)c1. The molecule has 5 nitrogen and oxygen atoms in total. The molecule has 0 aliphatic carbocycles. The Bertz CT molecular complexity index is 563. The number of nitrogens with zero attached hydrogens (tertiary/aromatic N) is 1. The summed E-state index contributed by atoms with van der Waals surface area (Å²) in [6.45, 7) is 5.93. The average Bonchev–Trinajstić information content (AvgIpc) is 2.24. The molecule has 1 aromatic heterocycles. The lowest BCUT2D eigenvalue weighted by molar-refractivity contribution is -0.141. The van der Waals surface area contributed by atoms with Crippen LogP contribution in [0.1, 0.15) is 43.7 Å². The zero-order valence-electron chi connectivity index (χ0n) is 12.0. The molecule has 8 heteroatoms. The highest BCUT2D eigenvalue weighted by molar-refractivity contribution is 5.95. The lowest BCUT2D eigenvalue weighted by atomic mass is 10.1. The van der Waals surface area contributed by atoms with E-state index in [1.54, 1.807) is 20.8 Å². The highest BCUT2D eigenvalue weighted by atomic mass is 19.4. The molecular weight excluding hydrogens is 289 g/mol. The standard InChI is InChI=1S/C13H15F3N2O3/c1-7(19)8-5-9(13(14,15)16)17-10(6-8)18-11(20)21-12(2,3)4/h5-6H,1-4H3,(H,17,18,20). The van der Waals surface area contributed by atoms with Crippen LogP contribution in [0.5, 0.6) is 0 Å². The first-order valence-electron chi connectivity index (χ1n) is 5.99. The van der Waals surface area contributed by atoms with Crippen molar-refractivity contribution < 1.29 is 27.5 Å². The number of ether oxygens (including phenoxy) is 1. The summed E-state index contributed by atoms with van der Waals surface area (Å²) in [6.07, 6.45) is -5.68. The van der Waals surface area contributed by atoms with Gasteiger partial charge < -0.3 is 4.74 Å². The van der Waals surface area contributed by atoms with Crippen LogP contribution in [-0.4, -0.2) is 22.5 Å². The lowest BCUT2D eigenvalue weighted by Crippen LogP contribution is -2.27. The maximum absolute atomic E-state index is 12.7. The molecule has 0 atom stereocenters. The van der Waals surface area contributed by atoms with E-state index in [9.17, 15) is 22.8 Å². The lowest BCUT2D eigenvalue weighted by Gasteiger charge is -2.19. The minimum atomic E-state index is -4.73. The van der Waals surface area contributed by atoms with Gasteiger partial charge in [0.15, 0.2) is 5.78 Å². The number of halogens is 3. The second kappa shape index (κ2) is 5.71. The number of nitrogens with one attached hydrogen (secondary N) is 1. The predicted molar refractivity (Wildman–Crippen MR) is 69.1 cm³/mol. The summed E-state index contributed by atoms with van der Waals surface area (Å²) in [4.78, 5) is 26.1. The van der Waals surface area contributed by atoms with Crippen LogP contribution in [0.25, 0.3) is 0 Å². The molecule has 0 spiro atoms. The molecule has 0 saturated carbocycles. The number of carbonyl (C=O) groups is 2. The van der Waals surface area contributed by atoms with Gasteiger partial charge in [0.25, 0.3) is 0 Å². The van der Waals surface area contributed by atoms with E-state index < -0.39 is 35.2 Å². The van der Waals surface area contributed by atoms with Crippen molar-refractivity contribution in [3.05, 3.63) is 23.4 Å². The maximum Gasteiger partial charge on any atom is 0.433 e. The Morgan fingerprint density at radius 3 is 2.19 bits per heavy atom. The molecular formula is C13H15F3N2O3. The van der Waals surface area contributed by atoms with Gasteiger partial charge in [0.1, 0.15) is 17.1 Å². The smallest absolute Gasteiger partial charge is 0.433 e. The minimum absolute atomic E-state index is 0.205. The van der Waals surface area contributed by atoms with E-state index in [2.05, 4.69) is 10.3 Å². The molecule has 0 unspecified atom stereocenters. The summed E-state index contributed by atoms with van der Waals surface area (Å²) in [7, 11) is 0. The van der Waals surface area contributed by atoms with Crippen molar-refractivity contribution in [3.63, 3.8) is 0 Å². The van der Waals surface area contributed by atoms with Crippen molar-refractivity contribution in [2.45, 2.75) is 39.5 Å². The molecule has 0 radical (unpaired) electrons. The van der Waals surface area contributed by atoms with Crippen molar-refractivity contribution in [3.8, 4) is 0 Å². The fraction of sp³-hybridized carbons (Fsp3) is 0.462. The van der Waals surface area contributed by atoms with E-state index in [0.29, 0.717) is 6.07 Å². The molecule has 0 saturated heterocycles. The van der Waals surface area contributed by atoms with Gasteiger partial charge in [0.05, 0.1) is 0 Å². The van der Waals surface area contributed by atoms with Gasteiger partial charge in [-0.1, -0.05) is 0 Å². The summed E-state index contributed by atoms with van der Waals surface area (Å²) in [6, 6.07) is 1.68. The number of rotatable bonds is 2. The van der Waals surface area contributed by atoms with Crippen molar-refractivity contribution in [1.29, 1.82) is 0 Å². The van der Waals surface area contributed by atoms with Crippen LogP contribution in [0.3, 0.4) is 0 Å². The quantitative estimate of drug-likeness (QED) is 0.847. The average molecular weight is 304 g/mol. The van der Waals surface area contributed by atoms with Crippen LogP contribution in [-0.2, 0) is 10.9 Å². The number of anilines is 1. The molecule has 0 aromatic carbocycles. The molecule has 0 aliphatic heterocycles. The summed E-state index contributed by atoms with van der Waals surface area (Å²) < 4.78 is 43.0. The van der Waals surface area contributed by atoms with Crippen LogP contribution in [0, 0.1) is 0 Å². The van der Waals surface area contributed by atoms with Gasteiger partial charge in [0.2, 0.25) is 0 Å². The monoisotopic (exact) mass is 304 g/mol. The minimum Gasteiger partial charge on any atom is -0.444 e. The van der Waals surface area contributed by atoms with E-state index in [1.807, 2.05) is 0 Å². The molecule has 116 valence electrons. The number of hydrogen-bond donors (Lipinski definition) is 1. The maximum atomic E-state index is 12.7. The van der Waals surface area contributed by atoms with E-state index in [0.717, 1.165) is 13.0 Å². The van der Waals surface area contributed by atoms with E-state index in [1.165, 1.54) is 0 Å². The number of aromatic nitrogens is 1. The zero-order chi connectivity index (χ0) is 16.4. The van der Waals surface area contributed by atoms with E-state index in [-0.39, 0.29) is 5.56 Å². The van der Waals surface area contributed by atoms with E-state index >= 15 is 0 Å². The van der Waals surface area contributed by atoms with Crippen LogP contribution in [0.15, 0.2) is 12.1 Å². The summed E-state index contributed by atoms with van der Waals surface area (Å²) >= 11 is 0. The first kappa shape index (κ1) is 16.9. The highest BCUT2D eigenvalue weighted by Crippen LogP contribution is 2.29. The van der Waals surface area contributed by atoms with E-state index in [4.69, 9.17) is 4.74 Å². The van der Waals surface area contributed by atoms with Gasteiger partial charge in [-0.15, -0.1) is 0 Å². The Morgan fingerprint density at radius 1 is 1.19 bits per heavy atom. The van der Waals surface area contributed by atoms with Gasteiger partial charge >= 0.3 is 12.3 Å². The van der Waals surface area contributed by atoms with Crippen LogP contribution in [0.4, 0.5) is 23.8 Å². The van der Waals surface area contributed by atoms with Crippen molar-refractivity contribution in [2.24, 2.45) is 0 Å². The third-order valence-corrected chi connectivity index (χ3v) is 2.15. The van der Waals surface area contributed by atoms with Gasteiger partial charge in [-0.05, 0) is 39.8 Å². The van der Waals surface area contributed by atoms with Gasteiger partial charge in [-0.25, -0.2) is 9.78 Å². The van der Waals surface area contributed by atoms with Gasteiger partial charge in [0, 0.05) is 5.56 Å². The first-order chi connectivity index (χ1) is 9.38. The van der Waals surface area contributed by atoms with Crippen molar-refractivity contribution in [2.75, 3.05) is 5.32 Å². The van der Waals surface area contributed by atoms with Crippen LogP contribution in [0.2, 0.25) is 0 Å². The van der Waals surface area contributed by atoms with Crippen molar-refractivity contribution in [1.82, 2.24) is 4.98 Å². The van der Waals surface area contributed by atoms with Crippen LogP contribution >= 0.6 is 0 Å². The molecule has 1 amide bonds. The number of carbonyl (C=O) groups excluding carboxylic acids is 2. The topological polar surface area (TPSA) is 68.3 Å². The van der Waals surface area contributed by atoms with Gasteiger partial charge in [-0.3, -0.25) is 10.1 Å². The predicted octanol–water partition coefficient (Wildman–Crippen LogP) is 3.65. The molecule has 1 N–H and O–H groups in total. The van der Waals surface area contributed by atoms with Crippen molar-refractivity contribution >= 4 is 17.7 Å². The third-order valence-electron chi connectivity index (χ3n) is 2.15.